The summed E-state index contributed by atoms with van der Waals surface area (Å²) >= 11 is 10.9. The molecule has 86 valence electrons. The Bertz CT molecular complexity index is 423. The van der Waals surface area contributed by atoms with E-state index in [1.54, 1.807) is 25.2 Å². The average molecular weight is 258 g/mol. The summed E-state index contributed by atoms with van der Waals surface area (Å²) < 4.78 is 0. The van der Waals surface area contributed by atoms with Crippen molar-refractivity contribution in [1.29, 1.82) is 0 Å². The second-order valence-corrected chi connectivity index (χ2v) is 3.90. The number of benzene rings is 1. The van der Waals surface area contributed by atoms with Gasteiger partial charge in [-0.2, -0.15) is 0 Å². The highest BCUT2D eigenvalue weighted by atomic mass is 35.5. The standard InChI is InChI=1S/C10H12ClN3OS/c1-6(15)7-3-4-8(11)9(5-7)13-10(16)14-12-2/h3-5,12H,1-2H3,(H2,13,14,16). The second kappa shape index (κ2) is 5.79. The molecular formula is C10H12ClN3OS. The van der Waals surface area contributed by atoms with Gasteiger partial charge in [0.2, 0.25) is 0 Å². The third-order valence-corrected chi connectivity index (χ3v) is 2.39. The van der Waals surface area contributed by atoms with Gasteiger partial charge in [-0.1, -0.05) is 11.6 Å². The Kier molecular flexibility index (Phi) is 4.67. The molecule has 0 saturated heterocycles. The highest BCUT2D eigenvalue weighted by Crippen LogP contribution is 2.23. The predicted octanol–water partition coefficient (Wildman–Crippen LogP) is 1.96. The van der Waals surface area contributed by atoms with Gasteiger partial charge in [0.1, 0.15) is 0 Å². The van der Waals surface area contributed by atoms with Crippen LogP contribution in [0.5, 0.6) is 0 Å². The molecule has 0 amide bonds. The van der Waals surface area contributed by atoms with Crippen molar-refractivity contribution >= 4 is 40.4 Å². The Morgan fingerprint density at radius 1 is 1.44 bits per heavy atom. The summed E-state index contributed by atoms with van der Waals surface area (Å²) in [6.45, 7) is 1.50. The molecule has 0 fully saturated rings. The lowest BCUT2D eigenvalue weighted by molar-refractivity contribution is 0.101. The van der Waals surface area contributed by atoms with E-state index in [9.17, 15) is 4.79 Å². The smallest absolute Gasteiger partial charge is 0.185 e. The maximum atomic E-state index is 11.2. The average Bonchev–Trinajstić information content (AvgIpc) is 2.21. The van der Waals surface area contributed by atoms with Gasteiger partial charge in [-0.05, 0) is 37.3 Å². The minimum atomic E-state index is -0.0211. The molecule has 1 aromatic rings. The summed E-state index contributed by atoms with van der Waals surface area (Å²) in [7, 11) is 1.70. The van der Waals surface area contributed by atoms with Gasteiger partial charge < -0.3 is 5.32 Å². The van der Waals surface area contributed by atoms with Crippen LogP contribution in [-0.2, 0) is 0 Å². The predicted molar refractivity (Wildman–Crippen MR) is 69.9 cm³/mol. The lowest BCUT2D eigenvalue weighted by Crippen LogP contribution is -2.37. The summed E-state index contributed by atoms with van der Waals surface area (Å²) in [6.07, 6.45) is 0. The van der Waals surface area contributed by atoms with Crippen molar-refractivity contribution in [2.75, 3.05) is 12.4 Å². The van der Waals surface area contributed by atoms with E-state index in [0.29, 0.717) is 21.4 Å². The number of hydrogen-bond acceptors (Lipinski definition) is 3. The van der Waals surface area contributed by atoms with Crippen LogP contribution in [0.25, 0.3) is 0 Å². The summed E-state index contributed by atoms with van der Waals surface area (Å²) in [5.74, 6) is -0.0211. The van der Waals surface area contributed by atoms with Crippen LogP contribution in [0.1, 0.15) is 17.3 Å². The maximum absolute atomic E-state index is 11.2. The van der Waals surface area contributed by atoms with Gasteiger partial charge in [-0.15, -0.1) is 0 Å². The molecule has 16 heavy (non-hydrogen) atoms. The molecule has 6 heteroatoms. The summed E-state index contributed by atoms with van der Waals surface area (Å²) in [4.78, 5) is 11.2. The molecule has 0 bridgehead atoms. The number of hydrogen-bond donors (Lipinski definition) is 3. The fourth-order valence-corrected chi connectivity index (χ4v) is 1.48. The number of rotatable bonds is 3. The van der Waals surface area contributed by atoms with Gasteiger partial charge in [-0.25, -0.2) is 5.43 Å². The first-order chi connectivity index (χ1) is 7.54. The second-order valence-electron chi connectivity index (χ2n) is 3.08. The number of halogens is 1. The Balaban J connectivity index is 2.90. The van der Waals surface area contributed by atoms with Crippen LogP contribution in [-0.4, -0.2) is 17.9 Å². The number of ketones is 1. The van der Waals surface area contributed by atoms with E-state index in [4.69, 9.17) is 23.8 Å². The highest BCUT2D eigenvalue weighted by molar-refractivity contribution is 7.80. The van der Waals surface area contributed by atoms with Gasteiger partial charge in [0.05, 0.1) is 10.7 Å². The van der Waals surface area contributed by atoms with Crippen molar-refractivity contribution in [2.24, 2.45) is 0 Å². The molecule has 0 aromatic heterocycles. The van der Waals surface area contributed by atoms with E-state index in [0.717, 1.165) is 0 Å². The minimum Gasteiger partial charge on any atom is -0.330 e. The summed E-state index contributed by atoms with van der Waals surface area (Å²) in [5, 5.41) is 3.76. The van der Waals surface area contributed by atoms with Crippen molar-refractivity contribution in [3.05, 3.63) is 28.8 Å². The monoisotopic (exact) mass is 257 g/mol. The molecule has 4 nitrogen and oxygen atoms in total. The molecule has 1 aromatic carbocycles. The topological polar surface area (TPSA) is 53.2 Å². The van der Waals surface area contributed by atoms with E-state index in [-0.39, 0.29) is 5.78 Å². The summed E-state index contributed by atoms with van der Waals surface area (Å²) in [5.41, 5.74) is 6.56. The van der Waals surface area contributed by atoms with Crippen LogP contribution < -0.4 is 16.2 Å². The quantitative estimate of drug-likeness (QED) is 0.439. The lowest BCUT2D eigenvalue weighted by Gasteiger charge is -2.11. The third-order valence-electron chi connectivity index (χ3n) is 1.86. The van der Waals surface area contributed by atoms with Crippen LogP contribution >= 0.6 is 23.8 Å². The normalized spacial score (nSPS) is 9.69. The van der Waals surface area contributed by atoms with E-state index in [1.165, 1.54) is 6.92 Å². The van der Waals surface area contributed by atoms with Gasteiger partial charge in [0.15, 0.2) is 10.9 Å². The van der Waals surface area contributed by atoms with E-state index >= 15 is 0 Å². The van der Waals surface area contributed by atoms with Gasteiger partial charge in [-0.3, -0.25) is 10.2 Å². The molecule has 3 N–H and O–H groups in total. The van der Waals surface area contributed by atoms with Crippen LogP contribution in [0, 0.1) is 0 Å². The van der Waals surface area contributed by atoms with E-state index in [2.05, 4.69) is 16.2 Å². The molecule has 0 atom stereocenters. The summed E-state index contributed by atoms with van der Waals surface area (Å²) in [6, 6.07) is 4.99. The number of thiocarbonyl (C=S) groups is 1. The molecule has 1 rings (SSSR count). The largest absolute Gasteiger partial charge is 0.330 e. The zero-order valence-corrected chi connectivity index (χ0v) is 10.5. The van der Waals surface area contributed by atoms with Crippen molar-refractivity contribution < 1.29 is 4.79 Å². The van der Waals surface area contributed by atoms with Crippen LogP contribution in [0.3, 0.4) is 0 Å². The Morgan fingerprint density at radius 2 is 2.12 bits per heavy atom. The first-order valence-corrected chi connectivity index (χ1v) is 5.37. The molecule has 0 spiro atoms. The highest BCUT2D eigenvalue weighted by Gasteiger charge is 2.06. The molecule has 0 aliphatic rings. The Labute approximate surface area is 104 Å². The fourth-order valence-electron chi connectivity index (χ4n) is 1.11. The number of nitrogens with one attached hydrogen (secondary N) is 3. The molecule has 0 radical (unpaired) electrons. The van der Waals surface area contributed by atoms with Gasteiger partial charge in [0, 0.05) is 12.6 Å². The van der Waals surface area contributed by atoms with Crippen LogP contribution in [0.2, 0.25) is 5.02 Å². The minimum absolute atomic E-state index is 0.0211. The maximum Gasteiger partial charge on any atom is 0.185 e. The first-order valence-electron chi connectivity index (χ1n) is 4.59. The van der Waals surface area contributed by atoms with Crippen molar-refractivity contribution in [2.45, 2.75) is 6.92 Å². The lowest BCUT2D eigenvalue weighted by atomic mass is 10.1. The first kappa shape index (κ1) is 12.9. The number of anilines is 1. The van der Waals surface area contributed by atoms with Crippen LogP contribution in [0.4, 0.5) is 5.69 Å². The Morgan fingerprint density at radius 3 is 2.69 bits per heavy atom. The van der Waals surface area contributed by atoms with Crippen molar-refractivity contribution in [3.8, 4) is 0 Å². The number of hydrazine groups is 1. The number of Topliss-reactive ketones (excluding diaryl/α,β-unsaturated/α-hetero) is 1. The zero-order chi connectivity index (χ0) is 12.1. The van der Waals surface area contributed by atoms with Crippen molar-refractivity contribution in [3.63, 3.8) is 0 Å². The molecule has 0 aliphatic carbocycles. The molecule has 0 heterocycles. The van der Waals surface area contributed by atoms with Crippen molar-refractivity contribution in [1.82, 2.24) is 10.9 Å². The van der Waals surface area contributed by atoms with Gasteiger partial charge in [0.25, 0.3) is 0 Å². The SMILES string of the molecule is CNNC(=S)Nc1cc(C(C)=O)ccc1Cl. The number of carbonyl (C=O) groups is 1. The molecule has 0 unspecified atom stereocenters. The van der Waals surface area contributed by atoms with Gasteiger partial charge >= 0.3 is 0 Å². The van der Waals surface area contributed by atoms with E-state index in [1.807, 2.05) is 0 Å². The fraction of sp³-hybridized carbons (Fsp3) is 0.200. The molecular weight excluding hydrogens is 246 g/mol. The van der Waals surface area contributed by atoms with Crippen LogP contribution in [0.15, 0.2) is 18.2 Å². The molecule has 0 saturated carbocycles. The zero-order valence-electron chi connectivity index (χ0n) is 8.93. The molecule has 0 aliphatic heterocycles. The number of carbonyl (C=O) groups excluding carboxylic acids is 1. The van der Waals surface area contributed by atoms with E-state index < -0.39 is 0 Å². The third kappa shape index (κ3) is 3.44. The Hall–Kier alpha value is -1.17.